The summed E-state index contributed by atoms with van der Waals surface area (Å²) in [7, 11) is -4.24. The van der Waals surface area contributed by atoms with E-state index in [2.05, 4.69) is 10.0 Å². The molecule has 0 aliphatic heterocycles. The number of rotatable bonds is 8. The molecular formula is C27H18Cl2F4N2O4S. The van der Waals surface area contributed by atoms with Crippen LogP contribution in [0.4, 0.5) is 23.2 Å². The zero-order valence-corrected chi connectivity index (χ0v) is 22.4. The molecule has 0 saturated carbocycles. The number of carbonyl (C=O) groups is 1. The fourth-order valence-corrected chi connectivity index (χ4v) is 5.03. The Hall–Kier alpha value is -3.80. The van der Waals surface area contributed by atoms with Crippen molar-refractivity contribution in [2.75, 3.05) is 4.72 Å². The van der Waals surface area contributed by atoms with Crippen molar-refractivity contribution in [3.63, 3.8) is 0 Å². The average Bonchev–Trinajstić information content (AvgIpc) is 2.89. The van der Waals surface area contributed by atoms with E-state index in [0.717, 1.165) is 18.2 Å². The number of hydrogen-bond acceptors (Lipinski definition) is 4. The Balaban J connectivity index is 1.54. The van der Waals surface area contributed by atoms with Crippen LogP contribution in [0.5, 0.6) is 11.5 Å². The normalized spacial score (nSPS) is 11.7. The summed E-state index contributed by atoms with van der Waals surface area (Å²) in [4.78, 5) is 12.7. The number of amides is 1. The second-order valence-corrected chi connectivity index (χ2v) is 10.8. The maximum absolute atomic E-state index is 14.2. The van der Waals surface area contributed by atoms with Gasteiger partial charge in [-0.15, -0.1) is 0 Å². The van der Waals surface area contributed by atoms with Crippen LogP contribution in [-0.4, -0.2) is 14.3 Å². The summed E-state index contributed by atoms with van der Waals surface area (Å²) < 4.78 is 88.1. The SMILES string of the molecule is O=C(NCc1c(F)cccc1C(F)(F)F)c1cc(Cl)ccc1NS(=O)(=O)c1ccc(Oc2ccccc2Cl)cc1. The Morgan fingerprint density at radius 2 is 1.60 bits per heavy atom. The summed E-state index contributed by atoms with van der Waals surface area (Å²) in [6.45, 7) is -0.814. The summed E-state index contributed by atoms with van der Waals surface area (Å²) in [5.41, 5.74) is -2.52. The van der Waals surface area contributed by atoms with Gasteiger partial charge in [0.15, 0.2) is 0 Å². The lowest BCUT2D eigenvalue weighted by atomic mass is 10.1. The van der Waals surface area contributed by atoms with E-state index in [0.29, 0.717) is 22.6 Å². The number of carbonyl (C=O) groups excluding carboxylic acids is 1. The number of ether oxygens (including phenoxy) is 1. The van der Waals surface area contributed by atoms with Gasteiger partial charge in [0, 0.05) is 17.1 Å². The van der Waals surface area contributed by atoms with E-state index in [1.54, 1.807) is 24.3 Å². The zero-order chi connectivity index (χ0) is 29.1. The third-order valence-corrected chi connectivity index (χ3v) is 7.45. The minimum atomic E-state index is -4.85. The van der Waals surface area contributed by atoms with Gasteiger partial charge in [0.25, 0.3) is 15.9 Å². The first kappa shape index (κ1) is 29.2. The number of benzene rings is 4. The molecule has 0 aliphatic carbocycles. The highest BCUT2D eigenvalue weighted by Crippen LogP contribution is 2.33. The van der Waals surface area contributed by atoms with Crippen molar-refractivity contribution in [3.8, 4) is 11.5 Å². The first-order valence-electron chi connectivity index (χ1n) is 11.3. The Labute approximate surface area is 236 Å². The quantitative estimate of drug-likeness (QED) is 0.200. The van der Waals surface area contributed by atoms with Gasteiger partial charge in [-0.1, -0.05) is 41.4 Å². The molecule has 0 bridgehead atoms. The molecule has 0 fully saturated rings. The predicted octanol–water partition coefficient (Wildman–Crippen LogP) is 7.67. The third-order valence-electron chi connectivity index (χ3n) is 5.52. The van der Waals surface area contributed by atoms with Crippen molar-refractivity contribution in [1.82, 2.24) is 5.32 Å². The molecule has 4 aromatic carbocycles. The summed E-state index contributed by atoms with van der Waals surface area (Å²) in [6, 6.07) is 18.1. The smallest absolute Gasteiger partial charge is 0.416 e. The lowest BCUT2D eigenvalue weighted by Crippen LogP contribution is -2.27. The van der Waals surface area contributed by atoms with Gasteiger partial charge >= 0.3 is 6.18 Å². The third kappa shape index (κ3) is 6.85. The second kappa shape index (κ2) is 11.7. The van der Waals surface area contributed by atoms with Crippen LogP contribution < -0.4 is 14.8 Å². The fraction of sp³-hybridized carbons (Fsp3) is 0.0741. The monoisotopic (exact) mass is 612 g/mol. The van der Waals surface area contributed by atoms with Gasteiger partial charge < -0.3 is 10.1 Å². The number of sulfonamides is 1. The van der Waals surface area contributed by atoms with E-state index in [4.69, 9.17) is 27.9 Å². The van der Waals surface area contributed by atoms with Crippen molar-refractivity contribution in [2.24, 2.45) is 0 Å². The van der Waals surface area contributed by atoms with Gasteiger partial charge in [-0.2, -0.15) is 13.2 Å². The van der Waals surface area contributed by atoms with Crippen molar-refractivity contribution in [1.29, 1.82) is 0 Å². The van der Waals surface area contributed by atoms with Gasteiger partial charge in [0.05, 0.1) is 26.7 Å². The van der Waals surface area contributed by atoms with Crippen molar-refractivity contribution < 1.29 is 35.5 Å². The number of anilines is 1. The molecule has 40 heavy (non-hydrogen) atoms. The van der Waals surface area contributed by atoms with Gasteiger partial charge in [0.2, 0.25) is 0 Å². The number of para-hydroxylation sites is 1. The molecule has 0 saturated heterocycles. The van der Waals surface area contributed by atoms with Crippen LogP contribution in [-0.2, 0) is 22.7 Å². The molecule has 0 aliphatic rings. The van der Waals surface area contributed by atoms with Gasteiger partial charge in [-0.05, 0) is 66.7 Å². The minimum Gasteiger partial charge on any atom is -0.456 e. The number of halogens is 6. The van der Waals surface area contributed by atoms with Crippen LogP contribution in [0, 0.1) is 5.82 Å². The van der Waals surface area contributed by atoms with Crippen LogP contribution in [0.2, 0.25) is 10.0 Å². The van der Waals surface area contributed by atoms with E-state index in [9.17, 15) is 30.8 Å². The van der Waals surface area contributed by atoms with Crippen LogP contribution in [0.25, 0.3) is 0 Å². The van der Waals surface area contributed by atoms with Crippen LogP contribution in [0.15, 0.2) is 89.8 Å². The lowest BCUT2D eigenvalue weighted by molar-refractivity contribution is -0.138. The first-order chi connectivity index (χ1) is 18.8. The molecule has 4 aromatic rings. The molecular weight excluding hydrogens is 595 g/mol. The van der Waals surface area contributed by atoms with Crippen molar-refractivity contribution >= 4 is 44.8 Å². The molecule has 0 unspecified atom stereocenters. The number of nitrogens with one attached hydrogen (secondary N) is 2. The molecule has 4 rings (SSSR count). The highest BCUT2D eigenvalue weighted by Gasteiger charge is 2.34. The Kier molecular flexibility index (Phi) is 8.57. The average molecular weight is 613 g/mol. The Morgan fingerprint density at radius 1 is 0.900 bits per heavy atom. The highest BCUT2D eigenvalue weighted by molar-refractivity contribution is 7.92. The summed E-state index contributed by atoms with van der Waals surface area (Å²) in [6.07, 6.45) is -4.85. The maximum atomic E-state index is 14.2. The Morgan fingerprint density at radius 3 is 2.27 bits per heavy atom. The van der Waals surface area contributed by atoms with Crippen LogP contribution >= 0.6 is 23.2 Å². The summed E-state index contributed by atoms with van der Waals surface area (Å²) >= 11 is 12.1. The predicted molar refractivity (Wildman–Crippen MR) is 143 cm³/mol. The van der Waals surface area contributed by atoms with Crippen LogP contribution in [0.1, 0.15) is 21.5 Å². The minimum absolute atomic E-state index is 0.0519. The molecule has 0 heterocycles. The molecule has 6 nitrogen and oxygen atoms in total. The van der Waals surface area contributed by atoms with E-state index in [1.165, 1.54) is 36.4 Å². The topological polar surface area (TPSA) is 84.5 Å². The molecule has 13 heteroatoms. The number of alkyl halides is 3. The standard InChI is InChI=1S/C27H18Cl2F4N2O4S/c28-16-8-13-24(19(14-16)26(36)34-15-20-21(27(31,32)33)4-3-6-23(20)30)35-40(37,38)18-11-9-17(10-12-18)39-25-7-2-1-5-22(25)29/h1-14,35H,15H2,(H,34,36). The first-order valence-corrected chi connectivity index (χ1v) is 13.6. The second-order valence-electron chi connectivity index (χ2n) is 8.25. The molecule has 208 valence electrons. The van der Waals surface area contributed by atoms with Crippen molar-refractivity contribution in [2.45, 2.75) is 17.6 Å². The van der Waals surface area contributed by atoms with Gasteiger partial charge in [0.1, 0.15) is 17.3 Å². The number of hydrogen-bond donors (Lipinski definition) is 2. The fourth-order valence-electron chi connectivity index (χ4n) is 3.61. The maximum Gasteiger partial charge on any atom is 0.416 e. The summed E-state index contributed by atoms with van der Waals surface area (Å²) in [5.74, 6) is -1.47. The van der Waals surface area contributed by atoms with E-state index in [1.807, 2.05) is 0 Å². The summed E-state index contributed by atoms with van der Waals surface area (Å²) in [5, 5.41) is 2.61. The lowest BCUT2D eigenvalue weighted by Gasteiger charge is -2.16. The molecule has 2 N–H and O–H groups in total. The zero-order valence-electron chi connectivity index (χ0n) is 20.1. The van der Waals surface area contributed by atoms with Gasteiger partial charge in [-0.25, -0.2) is 12.8 Å². The van der Waals surface area contributed by atoms with Gasteiger partial charge in [-0.3, -0.25) is 9.52 Å². The van der Waals surface area contributed by atoms with E-state index >= 15 is 0 Å². The van der Waals surface area contributed by atoms with Crippen molar-refractivity contribution in [3.05, 3.63) is 117 Å². The Bertz CT molecular complexity index is 1660. The molecule has 0 spiro atoms. The van der Waals surface area contributed by atoms with E-state index < -0.39 is 45.6 Å². The highest BCUT2D eigenvalue weighted by atomic mass is 35.5. The molecule has 0 aromatic heterocycles. The molecule has 0 atom stereocenters. The molecule has 1 amide bonds. The largest absolute Gasteiger partial charge is 0.456 e. The van der Waals surface area contributed by atoms with E-state index in [-0.39, 0.29) is 21.2 Å². The molecule has 0 radical (unpaired) electrons. The van der Waals surface area contributed by atoms with Crippen LogP contribution in [0.3, 0.4) is 0 Å².